The molecule has 0 aromatic carbocycles. The van der Waals surface area contributed by atoms with Crippen molar-refractivity contribution >= 4 is 23.5 Å². The molecule has 0 aliphatic heterocycles. The summed E-state index contributed by atoms with van der Waals surface area (Å²) in [7, 11) is 3.38. The van der Waals surface area contributed by atoms with Crippen molar-refractivity contribution in [1.29, 1.82) is 0 Å². The minimum absolute atomic E-state index is 0.0303. The summed E-state index contributed by atoms with van der Waals surface area (Å²) in [4.78, 5) is 12.7. The lowest BCUT2D eigenvalue weighted by molar-refractivity contribution is -0.120. The Kier molecular flexibility index (Phi) is 4.54. The summed E-state index contributed by atoms with van der Waals surface area (Å²) < 4.78 is 5.31. The van der Waals surface area contributed by atoms with E-state index in [1.807, 2.05) is 0 Å². The minimum atomic E-state index is -0.311. The second-order valence-corrected chi connectivity index (χ2v) is 4.04. The number of hydrogen-bond donors (Lipinski definition) is 1. The molecule has 1 rings (SSSR count). The van der Waals surface area contributed by atoms with E-state index in [2.05, 4.69) is 15.5 Å². The number of aromatic nitrogens is 2. The largest absolute Gasteiger partial charge is 0.406 e. The first-order chi connectivity index (χ1) is 7.54. The molecule has 0 aliphatic carbocycles. The lowest BCUT2D eigenvalue weighted by atomic mass is 10.4. The van der Waals surface area contributed by atoms with Gasteiger partial charge in [-0.15, -0.1) is 16.7 Å². The summed E-state index contributed by atoms with van der Waals surface area (Å²) in [6.45, 7) is 2.27. The van der Waals surface area contributed by atoms with Gasteiger partial charge in [-0.2, -0.15) is 0 Å². The number of halogens is 1. The molecule has 1 unspecified atom stereocenters. The second kappa shape index (κ2) is 5.69. The van der Waals surface area contributed by atoms with Gasteiger partial charge in [0.05, 0.1) is 0 Å². The summed E-state index contributed by atoms with van der Waals surface area (Å²) >= 11 is 5.79. The molecule has 1 N–H and O–H groups in total. The predicted molar refractivity (Wildman–Crippen MR) is 60.5 cm³/mol. The van der Waals surface area contributed by atoms with Crippen molar-refractivity contribution in [1.82, 2.24) is 15.5 Å². The average molecular weight is 247 g/mol. The van der Waals surface area contributed by atoms with Gasteiger partial charge < -0.3 is 14.6 Å². The van der Waals surface area contributed by atoms with Crippen LogP contribution in [0.4, 0.5) is 6.01 Å². The molecule has 7 heteroatoms. The molecular weight excluding hydrogens is 232 g/mol. The summed E-state index contributed by atoms with van der Waals surface area (Å²) in [6.07, 6.45) is 0.376. The average Bonchev–Trinajstić information content (AvgIpc) is 2.74. The van der Waals surface area contributed by atoms with Crippen molar-refractivity contribution in [2.45, 2.75) is 18.7 Å². The third-order valence-corrected chi connectivity index (χ3v) is 2.24. The highest BCUT2D eigenvalue weighted by Gasteiger charge is 2.14. The lowest BCUT2D eigenvalue weighted by Crippen LogP contribution is -2.26. The Morgan fingerprint density at radius 1 is 1.62 bits per heavy atom. The number of carbonyl (C=O) groups is 1. The number of hydrogen-bond acceptors (Lipinski definition) is 5. The van der Waals surface area contributed by atoms with Crippen LogP contribution in [0.3, 0.4) is 0 Å². The maximum Gasteiger partial charge on any atom is 0.317 e. The molecule has 16 heavy (non-hydrogen) atoms. The third kappa shape index (κ3) is 3.37. The molecule has 0 radical (unpaired) electrons. The van der Waals surface area contributed by atoms with Gasteiger partial charge in [0.2, 0.25) is 11.8 Å². The van der Waals surface area contributed by atoms with Crippen molar-refractivity contribution in [2.75, 3.05) is 25.5 Å². The van der Waals surface area contributed by atoms with E-state index in [1.165, 1.54) is 0 Å². The summed E-state index contributed by atoms with van der Waals surface area (Å²) in [5.41, 5.74) is 0. The molecular formula is C9H15ClN4O2. The fourth-order valence-electron chi connectivity index (χ4n) is 1.03. The normalized spacial score (nSPS) is 12.2. The first-order valence-electron chi connectivity index (χ1n) is 4.93. The second-order valence-electron chi connectivity index (χ2n) is 3.38. The highest BCUT2D eigenvalue weighted by Crippen LogP contribution is 2.20. The van der Waals surface area contributed by atoms with Gasteiger partial charge in [-0.1, -0.05) is 5.10 Å². The zero-order chi connectivity index (χ0) is 12.1. The van der Waals surface area contributed by atoms with Crippen LogP contribution in [0.25, 0.3) is 0 Å². The van der Waals surface area contributed by atoms with Crippen LogP contribution < -0.4 is 10.2 Å². The molecule has 1 heterocycles. The first kappa shape index (κ1) is 12.8. The Balaban J connectivity index is 2.52. The van der Waals surface area contributed by atoms with Crippen LogP contribution in [0.1, 0.15) is 24.6 Å². The Morgan fingerprint density at radius 3 is 2.81 bits per heavy atom. The van der Waals surface area contributed by atoms with Crippen molar-refractivity contribution in [2.24, 2.45) is 0 Å². The quantitative estimate of drug-likeness (QED) is 0.783. The number of amides is 1. The van der Waals surface area contributed by atoms with Crippen LogP contribution in [0.15, 0.2) is 4.42 Å². The van der Waals surface area contributed by atoms with Crippen LogP contribution in [-0.2, 0) is 4.79 Å². The molecule has 90 valence electrons. The molecule has 0 bridgehead atoms. The number of alkyl halides is 1. The maximum atomic E-state index is 11.0. The Morgan fingerprint density at radius 2 is 2.31 bits per heavy atom. The molecule has 1 aromatic heterocycles. The zero-order valence-corrected chi connectivity index (χ0v) is 10.3. The Hall–Kier alpha value is -1.30. The van der Waals surface area contributed by atoms with Gasteiger partial charge in [-0.05, 0) is 6.92 Å². The first-order valence-corrected chi connectivity index (χ1v) is 5.37. The molecule has 6 nitrogen and oxygen atoms in total. The van der Waals surface area contributed by atoms with Gasteiger partial charge in [-0.3, -0.25) is 4.79 Å². The van der Waals surface area contributed by atoms with Gasteiger partial charge in [0.25, 0.3) is 0 Å². The fourth-order valence-corrected chi connectivity index (χ4v) is 1.12. The van der Waals surface area contributed by atoms with Gasteiger partial charge in [0.15, 0.2) is 0 Å². The van der Waals surface area contributed by atoms with E-state index >= 15 is 0 Å². The molecule has 0 saturated carbocycles. The van der Waals surface area contributed by atoms with Crippen LogP contribution in [0.2, 0.25) is 0 Å². The van der Waals surface area contributed by atoms with Crippen molar-refractivity contribution in [3.63, 3.8) is 0 Å². The van der Waals surface area contributed by atoms with Crippen molar-refractivity contribution in [3.8, 4) is 0 Å². The summed E-state index contributed by atoms with van der Waals surface area (Å²) in [5, 5.41) is 9.86. The third-order valence-electron chi connectivity index (χ3n) is 2.05. The van der Waals surface area contributed by atoms with Gasteiger partial charge in [0.1, 0.15) is 5.38 Å². The molecule has 0 saturated heterocycles. The number of carbonyl (C=O) groups excluding carboxylic acids is 1. The monoisotopic (exact) mass is 246 g/mol. The standard InChI is InChI=1S/C9H15ClN4O2/c1-6(10)8-12-13-9(16-8)14(3)5-4-7(15)11-2/h6H,4-5H2,1-3H3,(H,11,15). The number of nitrogens with zero attached hydrogens (tertiary/aromatic N) is 3. The highest BCUT2D eigenvalue weighted by molar-refractivity contribution is 6.20. The molecule has 1 amide bonds. The minimum Gasteiger partial charge on any atom is -0.406 e. The summed E-state index contributed by atoms with van der Waals surface area (Å²) in [5.74, 6) is 0.348. The maximum absolute atomic E-state index is 11.0. The lowest BCUT2D eigenvalue weighted by Gasteiger charge is -2.12. The molecule has 0 fully saturated rings. The van der Waals surface area contributed by atoms with E-state index in [0.29, 0.717) is 24.9 Å². The number of nitrogens with one attached hydrogen (secondary N) is 1. The van der Waals surface area contributed by atoms with Crippen LogP contribution in [0.5, 0.6) is 0 Å². The Labute approximate surface area is 99.0 Å². The Bertz CT molecular complexity index is 353. The molecule has 0 spiro atoms. The molecule has 1 atom stereocenters. The number of anilines is 1. The van der Waals surface area contributed by atoms with E-state index in [1.54, 1.807) is 25.9 Å². The van der Waals surface area contributed by atoms with Crippen molar-refractivity contribution in [3.05, 3.63) is 5.89 Å². The summed E-state index contributed by atoms with van der Waals surface area (Å²) in [6, 6.07) is 0.367. The SMILES string of the molecule is CNC(=O)CCN(C)c1nnc(C(C)Cl)o1. The van der Waals surface area contributed by atoms with E-state index in [4.69, 9.17) is 16.0 Å². The van der Waals surface area contributed by atoms with E-state index in [0.717, 1.165) is 0 Å². The van der Waals surface area contributed by atoms with E-state index in [-0.39, 0.29) is 11.3 Å². The smallest absolute Gasteiger partial charge is 0.317 e. The molecule has 0 aliphatic rings. The van der Waals surface area contributed by atoms with E-state index in [9.17, 15) is 4.79 Å². The van der Waals surface area contributed by atoms with Crippen molar-refractivity contribution < 1.29 is 9.21 Å². The van der Waals surface area contributed by atoms with Crippen LogP contribution in [0, 0.1) is 0 Å². The topological polar surface area (TPSA) is 71.3 Å². The van der Waals surface area contributed by atoms with E-state index < -0.39 is 0 Å². The number of rotatable bonds is 5. The highest BCUT2D eigenvalue weighted by atomic mass is 35.5. The fraction of sp³-hybridized carbons (Fsp3) is 0.667. The predicted octanol–water partition coefficient (Wildman–Crippen LogP) is 0.942. The van der Waals surface area contributed by atoms with Gasteiger partial charge in [-0.25, -0.2) is 0 Å². The van der Waals surface area contributed by atoms with Gasteiger partial charge in [0, 0.05) is 27.1 Å². The van der Waals surface area contributed by atoms with Crippen LogP contribution in [-0.4, -0.2) is 36.7 Å². The van der Waals surface area contributed by atoms with Crippen LogP contribution >= 0.6 is 11.6 Å². The molecule has 1 aromatic rings. The zero-order valence-electron chi connectivity index (χ0n) is 9.53. The van der Waals surface area contributed by atoms with Gasteiger partial charge >= 0.3 is 6.01 Å².